The Morgan fingerprint density at radius 3 is 2.80 bits per heavy atom. The molecule has 1 N–H and O–H groups in total. The second kappa shape index (κ2) is 5.48. The highest BCUT2D eigenvalue weighted by Gasteiger charge is 2.08. The average molecular weight is 215 g/mol. The minimum atomic E-state index is -2.34. The molecule has 0 spiro atoms. The first kappa shape index (κ1) is 11.7. The highest BCUT2D eigenvalue weighted by Crippen LogP contribution is 2.17. The standard InChI is InChI=1S/C10H15F2N3/c1-3-14-8-4-9(6-13-5-8)15(2)7-10(11)12/h4-6,10,14H,3,7H2,1-2H3. The van der Waals surface area contributed by atoms with Gasteiger partial charge >= 0.3 is 0 Å². The highest BCUT2D eigenvalue weighted by atomic mass is 19.3. The van der Waals surface area contributed by atoms with E-state index in [0.29, 0.717) is 5.69 Å². The van der Waals surface area contributed by atoms with Crippen LogP contribution >= 0.6 is 0 Å². The van der Waals surface area contributed by atoms with E-state index in [0.717, 1.165) is 12.2 Å². The van der Waals surface area contributed by atoms with E-state index in [1.807, 2.05) is 6.92 Å². The molecule has 0 aliphatic carbocycles. The summed E-state index contributed by atoms with van der Waals surface area (Å²) < 4.78 is 24.3. The maximum absolute atomic E-state index is 12.1. The van der Waals surface area contributed by atoms with Crippen LogP contribution in [0, 0.1) is 0 Å². The molecule has 5 heteroatoms. The molecule has 0 fully saturated rings. The summed E-state index contributed by atoms with van der Waals surface area (Å²) in [4.78, 5) is 5.47. The number of hydrogen-bond acceptors (Lipinski definition) is 3. The second-order valence-electron chi connectivity index (χ2n) is 3.23. The monoisotopic (exact) mass is 215 g/mol. The highest BCUT2D eigenvalue weighted by molar-refractivity contribution is 5.55. The summed E-state index contributed by atoms with van der Waals surface area (Å²) in [5, 5.41) is 3.08. The van der Waals surface area contributed by atoms with Gasteiger partial charge in [-0.2, -0.15) is 0 Å². The zero-order valence-electron chi connectivity index (χ0n) is 8.87. The van der Waals surface area contributed by atoms with Crippen molar-refractivity contribution in [2.75, 3.05) is 30.4 Å². The van der Waals surface area contributed by atoms with Crippen LogP contribution in [0.25, 0.3) is 0 Å². The molecule has 0 aromatic carbocycles. The Kier molecular flexibility index (Phi) is 4.27. The van der Waals surface area contributed by atoms with Crippen LogP contribution < -0.4 is 10.2 Å². The fourth-order valence-corrected chi connectivity index (χ4v) is 1.25. The van der Waals surface area contributed by atoms with Crippen LogP contribution in [0.2, 0.25) is 0 Å². The quantitative estimate of drug-likeness (QED) is 0.816. The van der Waals surface area contributed by atoms with Crippen LogP contribution in [0.5, 0.6) is 0 Å². The lowest BCUT2D eigenvalue weighted by atomic mass is 10.3. The molecule has 0 aliphatic heterocycles. The number of nitrogens with zero attached hydrogens (tertiary/aromatic N) is 2. The molecule has 0 saturated carbocycles. The van der Waals surface area contributed by atoms with Crippen LogP contribution in [0.15, 0.2) is 18.5 Å². The average Bonchev–Trinajstić information content (AvgIpc) is 2.17. The fraction of sp³-hybridized carbons (Fsp3) is 0.500. The summed E-state index contributed by atoms with van der Waals surface area (Å²) >= 11 is 0. The molecule has 1 aromatic heterocycles. The van der Waals surface area contributed by atoms with Crippen LogP contribution in [-0.2, 0) is 0 Å². The summed E-state index contributed by atoms with van der Waals surface area (Å²) in [5.74, 6) is 0. The number of nitrogens with one attached hydrogen (secondary N) is 1. The van der Waals surface area contributed by atoms with Gasteiger partial charge in [0.1, 0.15) is 0 Å². The fourth-order valence-electron chi connectivity index (χ4n) is 1.25. The van der Waals surface area contributed by atoms with Gasteiger partial charge in [0, 0.05) is 13.6 Å². The van der Waals surface area contributed by atoms with Crippen molar-refractivity contribution in [3.63, 3.8) is 0 Å². The third-order valence-electron chi connectivity index (χ3n) is 1.96. The number of aromatic nitrogens is 1. The van der Waals surface area contributed by atoms with E-state index in [9.17, 15) is 8.78 Å². The Labute approximate surface area is 88.1 Å². The smallest absolute Gasteiger partial charge is 0.255 e. The Morgan fingerprint density at radius 1 is 1.47 bits per heavy atom. The van der Waals surface area contributed by atoms with Crippen LogP contribution in [0.4, 0.5) is 20.2 Å². The third-order valence-corrected chi connectivity index (χ3v) is 1.96. The zero-order valence-corrected chi connectivity index (χ0v) is 8.87. The normalized spacial score (nSPS) is 10.5. The first-order chi connectivity index (χ1) is 7.13. The van der Waals surface area contributed by atoms with Gasteiger partial charge in [-0.15, -0.1) is 0 Å². The predicted molar refractivity (Wildman–Crippen MR) is 57.7 cm³/mol. The Balaban J connectivity index is 2.71. The minimum Gasteiger partial charge on any atom is -0.384 e. The van der Waals surface area contributed by atoms with Gasteiger partial charge in [-0.05, 0) is 13.0 Å². The molecular weight excluding hydrogens is 200 g/mol. The van der Waals surface area contributed by atoms with Gasteiger partial charge < -0.3 is 10.2 Å². The molecule has 0 saturated heterocycles. The van der Waals surface area contributed by atoms with Crippen molar-refractivity contribution in [3.8, 4) is 0 Å². The minimum absolute atomic E-state index is 0.280. The van der Waals surface area contributed by atoms with E-state index in [1.165, 1.54) is 4.90 Å². The Hall–Kier alpha value is -1.39. The molecule has 0 amide bonds. The van der Waals surface area contributed by atoms with E-state index in [4.69, 9.17) is 0 Å². The molecule has 1 heterocycles. The molecule has 1 rings (SSSR count). The van der Waals surface area contributed by atoms with Gasteiger partial charge in [0.25, 0.3) is 6.43 Å². The zero-order chi connectivity index (χ0) is 11.3. The summed E-state index contributed by atoms with van der Waals surface area (Å²) in [6.07, 6.45) is 0.907. The SMILES string of the molecule is CCNc1cncc(N(C)CC(F)F)c1. The van der Waals surface area contributed by atoms with E-state index in [2.05, 4.69) is 10.3 Å². The van der Waals surface area contributed by atoms with Crippen LogP contribution in [0.3, 0.4) is 0 Å². The molecule has 0 unspecified atom stereocenters. The summed E-state index contributed by atoms with van der Waals surface area (Å²) in [5.41, 5.74) is 1.53. The van der Waals surface area contributed by atoms with Gasteiger partial charge in [0.2, 0.25) is 0 Å². The maximum atomic E-state index is 12.1. The van der Waals surface area contributed by atoms with Crippen molar-refractivity contribution in [1.82, 2.24) is 4.98 Å². The van der Waals surface area contributed by atoms with Crippen molar-refractivity contribution in [3.05, 3.63) is 18.5 Å². The third kappa shape index (κ3) is 3.69. The first-order valence-electron chi connectivity index (χ1n) is 4.81. The molecule has 1 aromatic rings. The van der Waals surface area contributed by atoms with Gasteiger partial charge in [-0.3, -0.25) is 4.98 Å². The number of rotatable bonds is 5. The van der Waals surface area contributed by atoms with Gasteiger partial charge in [0.15, 0.2) is 0 Å². The van der Waals surface area contributed by atoms with Crippen molar-refractivity contribution in [2.24, 2.45) is 0 Å². The predicted octanol–water partition coefficient (Wildman–Crippen LogP) is 2.21. The second-order valence-corrected chi connectivity index (χ2v) is 3.23. The van der Waals surface area contributed by atoms with Gasteiger partial charge in [-0.1, -0.05) is 0 Å². The summed E-state index contributed by atoms with van der Waals surface area (Å²) in [6, 6.07) is 1.80. The van der Waals surface area contributed by atoms with Crippen molar-refractivity contribution in [2.45, 2.75) is 13.3 Å². The number of hydrogen-bond donors (Lipinski definition) is 1. The van der Waals surface area contributed by atoms with Gasteiger partial charge in [-0.25, -0.2) is 8.78 Å². The van der Waals surface area contributed by atoms with E-state index < -0.39 is 6.43 Å². The van der Waals surface area contributed by atoms with Crippen molar-refractivity contribution >= 4 is 11.4 Å². The lowest BCUT2D eigenvalue weighted by molar-refractivity contribution is 0.156. The number of pyridine rings is 1. The molecule has 0 bridgehead atoms. The maximum Gasteiger partial charge on any atom is 0.255 e. The topological polar surface area (TPSA) is 28.2 Å². The molecule has 0 aliphatic rings. The van der Waals surface area contributed by atoms with Crippen molar-refractivity contribution in [1.29, 1.82) is 0 Å². The lowest BCUT2D eigenvalue weighted by Gasteiger charge is -2.18. The Bertz CT molecular complexity index is 304. The van der Waals surface area contributed by atoms with Crippen LogP contribution in [-0.4, -0.2) is 31.5 Å². The van der Waals surface area contributed by atoms with Gasteiger partial charge in [0.05, 0.1) is 30.3 Å². The number of alkyl halides is 2. The molecular formula is C10H15F2N3. The largest absolute Gasteiger partial charge is 0.384 e. The molecule has 15 heavy (non-hydrogen) atoms. The van der Waals surface area contributed by atoms with E-state index >= 15 is 0 Å². The van der Waals surface area contributed by atoms with E-state index in [-0.39, 0.29) is 6.54 Å². The Morgan fingerprint density at radius 2 is 2.20 bits per heavy atom. The van der Waals surface area contributed by atoms with Crippen molar-refractivity contribution < 1.29 is 8.78 Å². The first-order valence-corrected chi connectivity index (χ1v) is 4.81. The number of halogens is 2. The lowest BCUT2D eigenvalue weighted by Crippen LogP contribution is -2.24. The summed E-state index contributed by atoms with van der Waals surface area (Å²) in [7, 11) is 1.62. The molecule has 84 valence electrons. The molecule has 0 radical (unpaired) electrons. The number of anilines is 2. The summed E-state index contributed by atoms with van der Waals surface area (Å²) in [6.45, 7) is 2.47. The van der Waals surface area contributed by atoms with E-state index in [1.54, 1.807) is 25.5 Å². The molecule has 0 atom stereocenters. The van der Waals surface area contributed by atoms with Crippen LogP contribution in [0.1, 0.15) is 6.92 Å². The molecule has 3 nitrogen and oxygen atoms in total.